The van der Waals surface area contributed by atoms with Crippen molar-refractivity contribution >= 4 is 38.7 Å². The van der Waals surface area contributed by atoms with E-state index in [0.29, 0.717) is 28.5 Å². The summed E-state index contributed by atoms with van der Waals surface area (Å²) in [5, 5.41) is 8.03. The van der Waals surface area contributed by atoms with Gasteiger partial charge >= 0.3 is 0 Å². The molecule has 8 nitrogen and oxygen atoms in total. The lowest BCUT2D eigenvalue weighted by molar-refractivity contribution is 0.0716. The van der Waals surface area contributed by atoms with E-state index in [1.807, 2.05) is 29.6 Å². The van der Waals surface area contributed by atoms with Crippen LogP contribution >= 0.6 is 11.3 Å². The molecular weight excluding hydrogens is 462 g/mol. The maximum Gasteiger partial charge on any atom is 0.284 e. The van der Waals surface area contributed by atoms with E-state index >= 15 is 0 Å². The number of hydrazone groups is 1. The van der Waals surface area contributed by atoms with Gasteiger partial charge in [0.05, 0.1) is 37.1 Å². The fourth-order valence-corrected chi connectivity index (χ4v) is 4.87. The highest BCUT2D eigenvalue weighted by Gasteiger charge is 2.34. The standard InChI is InChI=1S/C23H23N3O5S2/c1-30-20-11-8-16(13-21(20)31-2)19-14-18(24-26(19)23(27)22-5-4-12-32-22)15-6-9-17(10-7-15)25-33(3,28)29/h4-13,19,25H,14H2,1-3H3/t19-/m0/s1. The number of hydrogen-bond donors (Lipinski definition) is 1. The maximum absolute atomic E-state index is 13.3. The monoisotopic (exact) mass is 485 g/mol. The molecule has 1 atom stereocenters. The molecule has 33 heavy (non-hydrogen) atoms. The Labute approximate surface area is 196 Å². The molecule has 0 bridgehead atoms. The SMILES string of the molecule is COc1ccc([C@@H]2CC(c3ccc(NS(C)(=O)=O)cc3)=NN2C(=O)c2cccs2)cc1OC. The second-order valence-corrected chi connectivity index (χ2v) is 10.2. The number of benzene rings is 2. The highest BCUT2D eigenvalue weighted by atomic mass is 32.2. The van der Waals surface area contributed by atoms with Gasteiger partial charge in [0.15, 0.2) is 11.5 Å². The van der Waals surface area contributed by atoms with E-state index in [4.69, 9.17) is 9.47 Å². The minimum atomic E-state index is -3.37. The topological polar surface area (TPSA) is 97.3 Å². The zero-order valence-corrected chi connectivity index (χ0v) is 19.9. The molecule has 2 aromatic carbocycles. The minimum Gasteiger partial charge on any atom is -0.493 e. The van der Waals surface area contributed by atoms with Gasteiger partial charge in [-0.05, 0) is 46.8 Å². The van der Waals surface area contributed by atoms with Crippen LogP contribution in [0, 0.1) is 0 Å². The summed E-state index contributed by atoms with van der Waals surface area (Å²) in [6.45, 7) is 0. The first-order chi connectivity index (χ1) is 15.8. The second kappa shape index (κ2) is 9.24. The van der Waals surface area contributed by atoms with E-state index in [0.717, 1.165) is 23.1 Å². The first-order valence-electron chi connectivity index (χ1n) is 10.0. The summed E-state index contributed by atoms with van der Waals surface area (Å²) in [6.07, 6.45) is 1.59. The van der Waals surface area contributed by atoms with Crippen molar-refractivity contribution in [2.75, 3.05) is 25.2 Å². The number of amides is 1. The molecule has 0 spiro atoms. The van der Waals surface area contributed by atoms with E-state index in [-0.39, 0.29) is 11.9 Å². The fraction of sp³-hybridized carbons (Fsp3) is 0.217. The first-order valence-corrected chi connectivity index (χ1v) is 12.8. The third-order valence-electron chi connectivity index (χ3n) is 5.16. The largest absolute Gasteiger partial charge is 0.493 e. The average Bonchev–Trinajstić information content (AvgIpc) is 3.48. The lowest BCUT2D eigenvalue weighted by Gasteiger charge is -2.22. The lowest BCUT2D eigenvalue weighted by Crippen LogP contribution is -2.26. The van der Waals surface area contributed by atoms with Gasteiger partial charge in [0.25, 0.3) is 5.91 Å². The third kappa shape index (κ3) is 5.01. The van der Waals surface area contributed by atoms with Gasteiger partial charge in [-0.25, -0.2) is 13.4 Å². The molecule has 1 N–H and O–H groups in total. The van der Waals surface area contributed by atoms with Crippen molar-refractivity contribution in [1.82, 2.24) is 5.01 Å². The van der Waals surface area contributed by atoms with Crippen LogP contribution < -0.4 is 14.2 Å². The number of hydrogen-bond acceptors (Lipinski definition) is 7. The molecule has 0 saturated heterocycles. The van der Waals surface area contributed by atoms with Crippen LogP contribution in [0.5, 0.6) is 11.5 Å². The number of methoxy groups -OCH3 is 2. The summed E-state index contributed by atoms with van der Waals surface area (Å²) in [6, 6.07) is 15.8. The van der Waals surface area contributed by atoms with Crippen LogP contribution in [0.15, 0.2) is 65.1 Å². The number of anilines is 1. The summed E-state index contributed by atoms with van der Waals surface area (Å²) in [5.41, 5.74) is 2.86. The normalized spacial score (nSPS) is 15.8. The average molecular weight is 486 g/mol. The zero-order valence-electron chi connectivity index (χ0n) is 18.3. The molecule has 10 heteroatoms. The molecule has 4 rings (SSSR count). The Hall–Kier alpha value is -3.37. The van der Waals surface area contributed by atoms with Crippen LogP contribution in [0.25, 0.3) is 0 Å². The van der Waals surface area contributed by atoms with E-state index in [1.54, 1.807) is 44.6 Å². The van der Waals surface area contributed by atoms with Crippen LogP contribution in [0.4, 0.5) is 5.69 Å². The van der Waals surface area contributed by atoms with Gasteiger partial charge in [0, 0.05) is 12.1 Å². The number of thiophene rings is 1. The summed E-state index contributed by atoms with van der Waals surface area (Å²) in [5.74, 6) is 0.990. The van der Waals surface area contributed by atoms with Crippen LogP contribution in [0.2, 0.25) is 0 Å². The molecule has 1 aromatic heterocycles. The summed E-state index contributed by atoms with van der Waals surface area (Å²) in [4.78, 5) is 13.8. The van der Waals surface area contributed by atoms with Crippen LogP contribution in [0.1, 0.15) is 33.3 Å². The Balaban J connectivity index is 1.69. The molecule has 1 amide bonds. The molecule has 0 fully saturated rings. The van der Waals surface area contributed by atoms with Gasteiger partial charge in [-0.3, -0.25) is 9.52 Å². The Morgan fingerprint density at radius 3 is 2.42 bits per heavy atom. The molecule has 0 unspecified atom stereocenters. The Bertz CT molecular complexity index is 1290. The second-order valence-electron chi connectivity index (χ2n) is 7.46. The van der Waals surface area contributed by atoms with E-state index in [9.17, 15) is 13.2 Å². The van der Waals surface area contributed by atoms with Crippen molar-refractivity contribution in [1.29, 1.82) is 0 Å². The van der Waals surface area contributed by atoms with Crippen LogP contribution in [0.3, 0.4) is 0 Å². The van der Waals surface area contributed by atoms with Gasteiger partial charge < -0.3 is 9.47 Å². The highest BCUT2D eigenvalue weighted by Crippen LogP contribution is 2.38. The number of ether oxygens (including phenoxy) is 2. The van der Waals surface area contributed by atoms with Crippen LogP contribution in [-0.2, 0) is 10.0 Å². The third-order valence-corrected chi connectivity index (χ3v) is 6.63. The molecule has 172 valence electrons. The quantitative estimate of drug-likeness (QED) is 0.543. The van der Waals surface area contributed by atoms with E-state index in [2.05, 4.69) is 9.82 Å². The Morgan fingerprint density at radius 1 is 1.09 bits per heavy atom. The lowest BCUT2D eigenvalue weighted by atomic mass is 9.98. The van der Waals surface area contributed by atoms with Crippen molar-refractivity contribution in [2.45, 2.75) is 12.5 Å². The van der Waals surface area contributed by atoms with Crippen LogP contribution in [-0.4, -0.2) is 45.5 Å². The smallest absolute Gasteiger partial charge is 0.284 e. The van der Waals surface area contributed by atoms with Gasteiger partial charge in [0.1, 0.15) is 0 Å². The number of nitrogens with one attached hydrogen (secondary N) is 1. The number of rotatable bonds is 7. The van der Waals surface area contributed by atoms with Crippen molar-refractivity contribution in [3.63, 3.8) is 0 Å². The van der Waals surface area contributed by atoms with E-state index < -0.39 is 10.0 Å². The van der Waals surface area contributed by atoms with E-state index in [1.165, 1.54) is 16.3 Å². The summed E-state index contributed by atoms with van der Waals surface area (Å²) >= 11 is 1.36. The zero-order chi connectivity index (χ0) is 23.6. The molecule has 0 saturated carbocycles. The number of carbonyl (C=O) groups is 1. The summed E-state index contributed by atoms with van der Waals surface area (Å²) in [7, 11) is -0.224. The number of sulfonamides is 1. The van der Waals surface area contributed by atoms with Gasteiger partial charge in [-0.2, -0.15) is 5.10 Å². The van der Waals surface area contributed by atoms with Gasteiger partial charge in [0.2, 0.25) is 10.0 Å². The molecule has 3 aromatic rings. The van der Waals surface area contributed by atoms with Crippen molar-refractivity contribution in [3.8, 4) is 11.5 Å². The summed E-state index contributed by atoms with van der Waals surface area (Å²) < 4.78 is 36.2. The Kier molecular flexibility index (Phi) is 6.39. The van der Waals surface area contributed by atoms with Crippen molar-refractivity contribution in [3.05, 3.63) is 76.0 Å². The van der Waals surface area contributed by atoms with Crippen molar-refractivity contribution < 1.29 is 22.7 Å². The minimum absolute atomic E-state index is 0.185. The number of carbonyl (C=O) groups excluding carboxylic acids is 1. The van der Waals surface area contributed by atoms with Gasteiger partial charge in [-0.15, -0.1) is 11.3 Å². The molecule has 1 aliphatic rings. The number of nitrogens with zero attached hydrogens (tertiary/aromatic N) is 2. The Morgan fingerprint density at radius 2 is 1.82 bits per heavy atom. The van der Waals surface area contributed by atoms with Gasteiger partial charge in [-0.1, -0.05) is 24.3 Å². The molecule has 0 aliphatic carbocycles. The predicted molar refractivity (Wildman–Crippen MR) is 129 cm³/mol. The molecule has 2 heterocycles. The fourth-order valence-electron chi connectivity index (χ4n) is 3.65. The first kappa shape index (κ1) is 22.8. The van der Waals surface area contributed by atoms with Crippen molar-refractivity contribution in [2.24, 2.45) is 5.10 Å². The predicted octanol–water partition coefficient (Wildman–Crippen LogP) is 4.13. The molecule has 1 aliphatic heterocycles. The maximum atomic E-state index is 13.3. The highest BCUT2D eigenvalue weighted by molar-refractivity contribution is 7.92. The molecule has 0 radical (unpaired) electrons. The molecular formula is C23H23N3O5S2.